The molecule has 0 amide bonds. The fourth-order valence-electron chi connectivity index (χ4n) is 0.919. The van der Waals surface area contributed by atoms with Crippen LogP contribution in [0.15, 0.2) is 0 Å². The third kappa shape index (κ3) is 12.1. The predicted molar refractivity (Wildman–Crippen MR) is 48.9 cm³/mol. The van der Waals surface area contributed by atoms with Crippen molar-refractivity contribution in [3.05, 3.63) is 0 Å². The zero-order chi connectivity index (χ0) is 7.71. The maximum absolute atomic E-state index is 5.90. The van der Waals surface area contributed by atoms with Crippen LogP contribution in [0.5, 0.6) is 0 Å². The average molecular weight is 186 g/mol. The van der Waals surface area contributed by atoms with Gasteiger partial charge in [0.2, 0.25) is 0 Å². The third-order valence-electron chi connectivity index (χ3n) is 0.612. The molecule has 10 heavy (non-hydrogen) atoms. The minimum absolute atomic E-state index is 0. The van der Waals surface area contributed by atoms with Crippen molar-refractivity contribution in [2.24, 2.45) is 0 Å². The molecule has 0 aliphatic heterocycles. The summed E-state index contributed by atoms with van der Waals surface area (Å²) in [6.07, 6.45) is 0. The third-order valence-corrected chi connectivity index (χ3v) is 5.51. The molecular weight excluding hydrogens is 167 g/mol. The van der Waals surface area contributed by atoms with E-state index in [1.54, 1.807) is 0 Å². The molecule has 0 radical (unpaired) electrons. The molecule has 0 heterocycles. The van der Waals surface area contributed by atoms with E-state index in [1.165, 1.54) is 0 Å². The molecule has 0 fully saturated rings. The molecule has 0 saturated carbocycles. The van der Waals surface area contributed by atoms with Crippen molar-refractivity contribution in [2.45, 2.75) is 39.3 Å². The maximum Gasteiger partial charge on any atom is 1.00 e. The summed E-state index contributed by atoms with van der Waals surface area (Å²) in [5, 5.41) is 0. The number of rotatable bonds is 2. The molecule has 0 N–H and O–H groups in total. The van der Waals surface area contributed by atoms with Crippen LogP contribution in [0.25, 0.3) is 0 Å². The molecule has 0 atom stereocenters. The Morgan fingerprint density at radius 1 is 0.800 bits per heavy atom. The first-order valence-corrected chi connectivity index (χ1v) is 10.2. The first kappa shape index (κ1) is 13.9. The molecule has 0 aliphatic rings. The Kier molecular flexibility index (Phi) is 6.18. The van der Waals surface area contributed by atoms with Gasteiger partial charge < -0.3 is 5.54 Å². The van der Waals surface area contributed by atoms with Crippen LogP contribution in [0, 0.1) is 0 Å². The summed E-state index contributed by atoms with van der Waals surface area (Å²) < 4.78 is 5.90. The Bertz CT molecular complexity index is 85.7. The summed E-state index contributed by atoms with van der Waals surface area (Å²) in [7, 11) is -2.46. The van der Waals surface area contributed by atoms with E-state index in [1.807, 2.05) is 0 Å². The Morgan fingerprint density at radius 3 is 1.00 bits per heavy atom. The van der Waals surface area contributed by atoms with Crippen molar-refractivity contribution in [1.29, 1.82) is 0 Å². The molecule has 0 aliphatic carbocycles. The van der Waals surface area contributed by atoms with Gasteiger partial charge in [0.15, 0.2) is 16.6 Å². The largest absolute Gasteiger partial charge is 1.00 e. The van der Waals surface area contributed by atoms with Gasteiger partial charge in [-0.05, 0) is 39.3 Å². The summed E-state index contributed by atoms with van der Waals surface area (Å²) >= 11 is 0. The van der Waals surface area contributed by atoms with E-state index in [4.69, 9.17) is 4.12 Å². The van der Waals surface area contributed by atoms with Crippen molar-refractivity contribution < 1.29 is 35.1 Å². The van der Waals surface area contributed by atoms with Gasteiger partial charge in [-0.15, -0.1) is 0 Å². The van der Waals surface area contributed by atoms with Crippen LogP contribution in [0.2, 0.25) is 39.3 Å². The summed E-state index contributed by atoms with van der Waals surface area (Å²) in [6, 6.07) is 0. The van der Waals surface area contributed by atoms with Crippen molar-refractivity contribution in [2.75, 3.05) is 0 Å². The molecule has 0 saturated heterocycles. The van der Waals surface area contributed by atoms with Crippen molar-refractivity contribution in [1.82, 2.24) is 0 Å². The Hall–Kier alpha value is 1.39. The van der Waals surface area contributed by atoms with Crippen LogP contribution in [0.4, 0.5) is 0 Å². The van der Waals surface area contributed by atoms with Gasteiger partial charge in [-0.1, -0.05) is 0 Å². The first-order valence-electron chi connectivity index (χ1n) is 3.41. The fourth-order valence-corrected chi connectivity index (χ4v) is 8.27. The monoisotopic (exact) mass is 186 g/mol. The van der Waals surface area contributed by atoms with Crippen molar-refractivity contribution in [3.8, 4) is 0 Å². The number of hydrogen-bond acceptors (Lipinski definition) is 1. The van der Waals surface area contributed by atoms with Crippen LogP contribution in [-0.2, 0) is 4.12 Å². The quantitative estimate of drug-likeness (QED) is 0.542. The van der Waals surface area contributed by atoms with Crippen LogP contribution in [-0.4, -0.2) is 16.6 Å². The fraction of sp³-hybridized carbons (Fsp3) is 1.00. The molecule has 0 bridgehead atoms. The van der Waals surface area contributed by atoms with Gasteiger partial charge in [-0.3, -0.25) is 0 Å². The normalized spacial score (nSPS) is 12.6. The summed E-state index contributed by atoms with van der Waals surface area (Å²) in [4.78, 5) is 0. The van der Waals surface area contributed by atoms with E-state index >= 15 is 0 Å². The molecule has 58 valence electrons. The van der Waals surface area contributed by atoms with Gasteiger partial charge in [0.05, 0.1) is 0 Å². The van der Waals surface area contributed by atoms with E-state index < -0.39 is 16.6 Å². The SMILES string of the molecule is C[Si](C)(C)O[Si](C)(C)C.[H-].[Na+]. The molecule has 0 aromatic rings. The second-order valence-corrected chi connectivity index (χ2v) is 13.6. The van der Waals surface area contributed by atoms with Crippen molar-refractivity contribution >= 4 is 16.6 Å². The van der Waals surface area contributed by atoms with Gasteiger partial charge in [-0.2, -0.15) is 0 Å². The van der Waals surface area contributed by atoms with Gasteiger partial charge in [0, 0.05) is 0 Å². The first-order chi connectivity index (χ1) is 3.71. The molecule has 4 heteroatoms. The standard InChI is InChI=1S/C6H18OSi2.Na.H/c1-8(2,3)7-9(4,5)6;;/h1-6H3;;/q;+1;-1. The minimum atomic E-state index is -1.23. The molecule has 0 rings (SSSR count). The van der Waals surface area contributed by atoms with E-state index in [0.29, 0.717) is 0 Å². The van der Waals surface area contributed by atoms with Gasteiger partial charge in [-0.25, -0.2) is 0 Å². The molecule has 0 aromatic carbocycles. The van der Waals surface area contributed by atoms with Gasteiger partial charge in [0.25, 0.3) is 0 Å². The van der Waals surface area contributed by atoms with Crippen molar-refractivity contribution in [3.63, 3.8) is 0 Å². The van der Waals surface area contributed by atoms with Crippen LogP contribution < -0.4 is 29.6 Å². The minimum Gasteiger partial charge on any atom is -1.00 e. The zero-order valence-corrected chi connectivity index (χ0v) is 12.4. The molecule has 0 unspecified atom stereocenters. The predicted octanol–water partition coefficient (Wildman–Crippen LogP) is -0.211. The Balaban J connectivity index is -0.000000320. The van der Waals surface area contributed by atoms with E-state index in [2.05, 4.69) is 39.3 Å². The van der Waals surface area contributed by atoms with E-state index in [-0.39, 0.29) is 31.0 Å². The topological polar surface area (TPSA) is 9.23 Å². The van der Waals surface area contributed by atoms with E-state index in [0.717, 1.165) is 0 Å². The zero-order valence-electron chi connectivity index (χ0n) is 9.41. The number of hydrogen-bond donors (Lipinski definition) is 0. The summed E-state index contributed by atoms with van der Waals surface area (Å²) in [5.74, 6) is 0. The Morgan fingerprint density at radius 2 is 1.00 bits per heavy atom. The van der Waals surface area contributed by atoms with E-state index in [9.17, 15) is 0 Å². The summed E-state index contributed by atoms with van der Waals surface area (Å²) in [5.41, 5.74) is 0. The van der Waals surface area contributed by atoms with Crippen LogP contribution in [0.1, 0.15) is 1.43 Å². The van der Waals surface area contributed by atoms with Crippen LogP contribution >= 0.6 is 0 Å². The Labute approximate surface area is 90.6 Å². The second-order valence-electron chi connectivity index (χ2n) is 4.33. The maximum atomic E-state index is 5.90. The van der Waals surface area contributed by atoms with Gasteiger partial charge in [0.1, 0.15) is 0 Å². The summed E-state index contributed by atoms with van der Waals surface area (Å²) in [6.45, 7) is 13.4. The smallest absolute Gasteiger partial charge is 1.00 e. The average Bonchev–Trinajstić information content (AvgIpc) is 1.14. The molecule has 1 nitrogen and oxygen atoms in total. The molecule has 0 aromatic heterocycles. The molecular formula is C6H19NaOSi2. The molecule has 0 spiro atoms. The second kappa shape index (κ2) is 4.43. The van der Waals surface area contributed by atoms with Crippen LogP contribution in [0.3, 0.4) is 0 Å². The van der Waals surface area contributed by atoms with Gasteiger partial charge >= 0.3 is 29.6 Å².